The minimum atomic E-state index is -0.311. The van der Waals surface area contributed by atoms with Gasteiger partial charge in [-0.05, 0) is 30.7 Å². The first-order valence-corrected chi connectivity index (χ1v) is 7.35. The first kappa shape index (κ1) is 11.8. The van der Waals surface area contributed by atoms with Crippen LogP contribution < -0.4 is 5.73 Å². The first-order chi connectivity index (χ1) is 9.74. The summed E-state index contributed by atoms with van der Waals surface area (Å²) in [6, 6.07) is 3.92. The second-order valence-electron chi connectivity index (χ2n) is 5.06. The monoisotopic (exact) mass is 287 g/mol. The third kappa shape index (κ3) is 1.78. The Balaban J connectivity index is 1.65. The topological polar surface area (TPSA) is 93.6 Å². The highest BCUT2D eigenvalue weighted by atomic mass is 32.1. The van der Waals surface area contributed by atoms with Gasteiger partial charge in [0.2, 0.25) is 5.82 Å². The maximum atomic E-state index is 6.24. The van der Waals surface area contributed by atoms with Crippen LogP contribution in [0.25, 0.3) is 22.3 Å². The Morgan fingerprint density at radius 1 is 1.40 bits per heavy atom. The van der Waals surface area contributed by atoms with E-state index in [0.717, 1.165) is 30.0 Å². The largest absolute Gasteiger partial charge is 0.336 e. The lowest BCUT2D eigenvalue weighted by Crippen LogP contribution is -2.44. The fraction of sp³-hybridized carbons (Fsp3) is 0.308. The van der Waals surface area contributed by atoms with Crippen LogP contribution in [0.4, 0.5) is 0 Å². The molecule has 6 nitrogen and oxygen atoms in total. The molecule has 0 spiro atoms. The number of nitrogens with zero attached hydrogens (tertiary/aromatic N) is 3. The van der Waals surface area contributed by atoms with E-state index in [1.807, 2.05) is 17.5 Å². The molecule has 0 bridgehead atoms. The maximum Gasteiger partial charge on any atom is 0.276 e. The number of imidazole rings is 1. The summed E-state index contributed by atoms with van der Waals surface area (Å²) in [5, 5.41) is 5.97. The minimum absolute atomic E-state index is 0.311. The van der Waals surface area contributed by atoms with Crippen LogP contribution in [0.5, 0.6) is 0 Å². The number of hydrogen-bond acceptors (Lipinski definition) is 6. The van der Waals surface area contributed by atoms with Crippen molar-refractivity contribution >= 4 is 11.3 Å². The highest BCUT2D eigenvalue weighted by Crippen LogP contribution is 2.37. The molecule has 3 heterocycles. The molecule has 1 saturated carbocycles. The van der Waals surface area contributed by atoms with Crippen LogP contribution >= 0.6 is 11.3 Å². The lowest BCUT2D eigenvalue weighted by atomic mass is 9.77. The van der Waals surface area contributed by atoms with Crippen molar-refractivity contribution in [3.05, 3.63) is 29.5 Å². The summed E-state index contributed by atoms with van der Waals surface area (Å²) < 4.78 is 5.29. The Morgan fingerprint density at radius 2 is 2.30 bits per heavy atom. The van der Waals surface area contributed by atoms with Gasteiger partial charge in [0.05, 0.1) is 16.6 Å². The molecule has 3 aromatic rings. The van der Waals surface area contributed by atoms with E-state index in [4.69, 9.17) is 10.3 Å². The molecule has 102 valence electrons. The number of nitrogens with two attached hydrogens (primary N) is 1. The lowest BCUT2D eigenvalue weighted by molar-refractivity contribution is 0.240. The van der Waals surface area contributed by atoms with E-state index in [9.17, 15) is 0 Å². The summed E-state index contributed by atoms with van der Waals surface area (Å²) in [5.41, 5.74) is 6.64. The number of H-pyrrole nitrogens is 1. The predicted molar refractivity (Wildman–Crippen MR) is 74.9 cm³/mol. The second-order valence-corrected chi connectivity index (χ2v) is 6.00. The molecule has 0 atom stereocenters. The number of rotatable bonds is 3. The normalized spacial score (nSPS) is 17.1. The fourth-order valence-corrected chi connectivity index (χ4v) is 2.97. The number of hydrogen-bond donors (Lipinski definition) is 2. The molecule has 0 amide bonds. The van der Waals surface area contributed by atoms with Crippen LogP contribution in [0.15, 0.2) is 28.2 Å². The van der Waals surface area contributed by atoms with Crippen molar-refractivity contribution in [2.24, 2.45) is 5.73 Å². The molecule has 3 N–H and O–H groups in total. The van der Waals surface area contributed by atoms with E-state index in [1.54, 1.807) is 17.5 Å². The second kappa shape index (κ2) is 4.26. The van der Waals surface area contributed by atoms with Gasteiger partial charge in [0.1, 0.15) is 11.5 Å². The van der Waals surface area contributed by atoms with Gasteiger partial charge in [0.25, 0.3) is 5.89 Å². The number of aromatic amines is 1. The van der Waals surface area contributed by atoms with Crippen LogP contribution in [0.3, 0.4) is 0 Å². The third-order valence-corrected chi connectivity index (χ3v) is 4.56. The van der Waals surface area contributed by atoms with E-state index in [0.29, 0.717) is 17.4 Å². The average Bonchev–Trinajstić information content (AvgIpc) is 3.13. The van der Waals surface area contributed by atoms with E-state index >= 15 is 0 Å². The van der Waals surface area contributed by atoms with Crippen LogP contribution in [-0.2, 0) is 5.54 Å². The van der Waals surface area contributed by atoms with Gasteiger partial charge >= 0.3 is 0 Å². The Bertz CT molecular complexity index is 726. The summed E-state index contributed by atoms with van der Waals surface area (Å²) >= 11 is 1.58. The van der Waals surface area contributed by atoms with Gasteiger partial charge in [-0.2, -0.15) is 4.98 Å². The van der Waals surface area contributed by atoms with Crippen LogP contribution in [-0.4, -0.2) is 20.1 Å². The van der Waals surface area contributed by atoms with Gasteiger partial charge in [0.15, 0.2) is 0 Å². The Kier molecular flexibility index (Phi) is 2.51. The van der Waals surface area contributed by atoms with Gasteiger partial charge in [-0.15, -0.1) is 11.3 Å². The standard InChI is InChI=1S/C13H13N5OS/c14-13(4-2-5-13)12-15-7-8(16-12)11-17-10(18-19-11)9-3-1-6-20-9/h1,3,6-7H,2,4-5,14H2,(H,15,16). The SMILES string of the molecule is NC1(c2ncc(-c3nc(-c4cccs4)no3)[nH]2)CCC1. The van der Waals surface area contributed by atoms with Crippen molar-refractivity contribution in [2.75, 3.05) is 0 Å². The fourth-order valence-electron chi connectivity index (χ4n) is 2.32. The van der Waals surface area contributed by atoms with E-state index in [-0.39, 0.29) is 5.54 Å². The van der Waals surface area contributed by atoms with Crippen LogP contribution in [0.1, 0.15) is 25.1 Å². The summed E-state index contributed by atoms with van der Waals surface area (Å²) in [4.78, 5) is 12.9. The number of thiophene rings is 1. The molecular formula is C13H13N5OS. The van der Waals surface area contributed by atoms with Crippen molar-refractivity contribution in [2.45, 2.75) is 24.8 Å². The van der Waals surface area contributed by atoms with Gasteiger partial charge in [0, 0.05) is 0 Å². The molecule has 0 saturated heterocycles. The zero-order chi connectivity index (χ0) is 13.6. The first-order valence-electron chi connectivity index (χ1n) is 6.47. The van der Waals surface area contributed by atoms with Gasteiger partial charge in [-0.1, -0.05) is 11.2 Å². The van der Waals surface area contributed by atoms with Crippen molar-refractivity contribution in [1.29, 1.82) is 0 Å². The Morgan fingerprint density at radius 3 is 3.00 bits per heavy atom. The molecule has 20 heavy (non-hydrogen) atoms. The molecule has 0 unspecified atom stereocenters. The number of nitrogens with one attached hydrogen (secondary N) is 1. The lowest BCUT2D eigenvalue weighted by Gasteiger charge is -2.35. The molecule has 4 rings (SSSR count). The molecule has 0 aromatic carbocycles. The van der Waals surface area contributed by atoms with Gasteiger partial charge in [-0.3, -0.25) is 0 Å². The highest BCUT2D eigenvalue weighted by molar-refractivity contribution is 7.13. The molecule has 1 aliphatic carbocycles. The molecule has 1 fully saturated rings. The molecule has 7 heteroatoms. The maximum absolute atomic E-state index is 6.24. The van der Waals surface area contributed by atoms with Crippen molar-refractivity contribution < 1.29 is 4.52 Å². The van der Waals surface area contributed by atoms with Crippen molar-refractivity contribution in [1.82, 2.24) is 20.1 Å². The minimum Gasteiger partial charge on any atom is -0.336 e. The zero-order valence-corrected chi connectivity index (χ0v) is 11.5. The molecule has 1 aliphatic rings. The quantitative estimate of drug-likeness (QED) is 0.772. The van der Waals surface area contributed by atoms with E-state index in [2.05, 4.69) is 20.1 Å². The third-order valence-electron chi connectivity index (χ3n) is 3.69. The summed E-state index contributed by atoms with van der Waals surface area (Å²) in [5.74, 6) is 1.84. The average molecular weight is 287 g/mol. The molecule has 3 aromatic heterocycles. The van der Waals surface area contributed by atoms with E-state index in [1.165, 1.54) is 0 Å². The highest BCUT2D eigenvalue weighted by Gasteiger charge is 2.37. The van der Waals surface area contributed by atoms with Crippen LogP contribution in [0, 0.1) is 0 Å². The predicted octanol–water partition coefficient (Wildman–Crippen LogP) is 2.53. The molecule has 0 radical (unpaired) electrons. The molecule has 0 aliphatic heterocycles. The Labute approximate surface area is 119 Å². The van der Waals surface area contributed by atoms with Crippen molar-refractivity contribution in [3.63, 3.8) is 0 Å². The van der Waals surface area contributed by atoms with Gasteiger partial charge in [-0.25, -0.2) is 4.98 Å². The summed E-state index contributed by atoms with van der Waals surface area (Å²) in [6.45, 7) is 0. The van der Waals surface area contributed by atoms with Crippen LogP contribution in [0.2, 0.25) is 0 Å². The van der Waals surface area contributed by atoms with E-state index < -0.39 is 0 Å². The zero-order valence-electron chi connectivity index (χ0n) is 10.7. The molecular weight excluding hydrogens is 274 g/mol. The smallest absolute Gasteiger partial charge is 0.276 e. The summed E-state index contributed by atoms with van der Waals surface area (Å²) in [6.07, 6.45) is 4.78. The Hall–Kier alpha value is -1.99. The summed E-state index contributed by atoms with van der Waals surface area (Å²) in [7, 11) is 0. The van der Waals surface area contributed by atoms with Crippen molar-refractivity contribution in [3.8, 4) is 22.3 Å². The number of aromatic nitrogens is 4. The van der Waals surface area contributed by atoms with Gasteiger partial charge < -0.3 is 15.2 Å².